The van der Waals surface area contributed by atoms with Crippen molar-refractivity contribution in [2.75, 3.05) is 20.2 Å². The number of hydrogen-bond acceptors (Lipinski definition) is 2. The van der Waals surface area contributed by atoms with Crippen molar-refractivity contribution in [3.05, 3.63) is 60.2 Å². The molecule has 0 heterocycles. The van der Waals surface area contributed by atoms with E-state index in [1.54, 1.807) is 0 Å². The van der Waals surface area contributed by atoms with Gasteiger partial charge in [0.05, 0.1) is 6.61 Å². The van der Waals surface area contributed by atoms with Gasteiger partial charge < -0.3 is 10.1 Å². The highest BCUT2D eigenvalue weighted by atomic mass is 16.5. The first-order chi connectivity index (χ1) is 12.4. The van der Waals surface area contributed by atoms with Gasteiger partial charge in [-0.15, -0.1) is 0 Å². The van der Waals surface area contributed by atoms with E-state index in [1.807, 2.05) is 7.05 Å². The molecule has 0 unspecified atom stereocenters. The Kier molecular flexibility index (Phi) is 4.82. The van der Waals surface area contributed by atoms with Crippen molar-refractivity contribution in [3.63, 3.8) is 0 Å². The Labute approximate surface area is 149 Å². The predicted molar refractivity (Wildman–Crippen MR) is 108 cm³/mol. The standard InChI is InChI=1S/C23H25NO/c1-24-14-3-2-4-15-25-16-20-11-10-19-9-8-17-6-5-7-18-12-13-21(20)23(19)22(17)18/h5-13,24H,2-4,14-16H2,1H3. The Bertz CT molecular complexity index is 960. The number of benzene rings is 4. The molecule has 0 saturated carbocycles. The van der Waals surface area contributed by atoms with Crippen LogP contribution in [0.1, 0.15) is 24.8 Å². The van der Waals surface area contributed by atoms with Crippen LogP contribution in [0.3, 0.4) is 0 Å². The first kappa shape index (κ1) is 16.3. The Morgan fingerprint density at radius 3 is 2.28 bits per heavy atom. The van der Waals surface area contributed by atoms with Gasteiger partial charge in [-0.3, -0.25) is 0 Å². The number of ether oxygens (including phenoxy) is 1. The van der Waals surface area contributed by atoms with Crippen LogP contribution in [0.25, 0.3) is 32.3 Å². The van der Waals surface area contributed by atoms with Gasteiger partial charge in [-0.25, -0.2) is 0 Å². The summed E-state index contributed by atoms with van der Waals surface area (Å²) in [7, 11) is 2.00. The molecule has 0 spiro atoms. The molecule has 0 aliphatic carbocycles. The molecule has 4 rings (SSSR count). The van der Waals surface area contributed by atoms with Crippen LogP contribution in [0, 0.1) is 0 Å². The summed E-state index contributed by atoms with van der Waals surface area (Å²) in [6.07, 6.45) is 3.57. The van der Waals surface area contributed by atoms with Gasteiger partial charge in [0, 0.05) is 6.61 Å². The molecule has 2 nitrogen and oxygen atoms in total. The number of hydrogen-bond donors (Lipinski definition) is 1. The number of nitrogens with one attached hydrogen (secondary N) is 1. The second kappa shape index (κ2) is 7.38. The van der Waals surface area contributed by atoms with Crippen LogP contribution < -0.4 is 5.32 Å². The molecule has 0 atom stereocenters. The maximum absolute atomic E-state index is 5.97. The van der Waals surface area contributed by atoms with Crippen LogP contribution in [-0.2, 0) is 11.3 Å². The van der Waals surface area contributed by atoms with E-state index in [1.165, 1.54) is 50.7 Å². The molecule has 0 aliphatic rings. The molecule has 0 saturated heterocycles. The molecule has 0 aromatic heterocycles. The highest BCUT2D eigenvalue weighted by Gasteiger charge is 2.10. The van der Waals surface area contributed by atoms with Crippen molar-refractivity contribution in [3.8, 4) is 0 Å². The third-order valence-corrected chi connectivity index (χ3v) is 5.09. The molecule has 128 valence electrons. The largest absolute Gasteiger partial charge is 0.377 e. The third-order valence-electron chi connectivity index (χ3n) is 5.09. The molecule has 4 aromatic rings. The van der Waals surface area contributed by atoms with Gasteiger partial charge in [0.25, 0.3) is 0 Å². The van der Waals surface area contributed by atoms with Crippen LogP contribution >= 0.6 is 0 Å². The zero-order valence-corrected chi connectivity index (χ0v) is 14.8. The Morgan fingerprint density at radius 1 is 0.760 bits per heavy atom. The molecular formula is C23H25NO. The zero-order chi connectivity index (χ0) is 17.1. The molecule has 0 aliphatic heterocycles. The second-order valence-corrected chi connectivity index (χ2v) is 6.80. The van der Waals surface area contributed by atoms with Crippen LogP contribution in [0.5, 0.6) is 0 Å². The summed E-state index contributed by atoms with van der Waals surface area (Å²) in [5.41, 5.74) is 1.29. The molecule has 0 bridgehead atoms. The average molecular weight is 331 g/mol. The smallest absolute Gasteiger partial charge is 0.0722 e. The van der Waals surface area contributed by atoms with Crippen LogP contribution in [0.15, 0.2) is 54.6 Å². The van der Waals surface area contributed by atoms with E-state index in [-0.39, 0.29) is 0 Å². The highest BCUT2D eigenvalue weighted by molar-refractivity contribution is 6.23. The van der Waals surface area contributed by atoms with E-state index in [4.69, 9.17) is 4.74 Å². The Morgan fingerprint density at radius 2 is 1.48 bits per heavy atom. The van der Waals surface area contributed by atoms with Crippen molar-refractivity contribution in [1.82, 2.24) is 5.32 Å². The quantitative estimate of drug-likeness (QED) is 0.340. The van der Waals surface area contributed by atoms with E-state index < -0.39 is 0 Å². The van der Waals surface area contributed by atoms with E-state index in [2.05, 4.69) is 59.9 Å². The minimum atomic E-state index is 0.695. The molecule has 1 N–H and O–H groups in total. The van der Waals surface area contributed by atoms with Gasteiger partial charge in [0.2, 0.25) is 0 Å². The third kappa shape index (κ3) is 3.20. The molecule has 25 heavy (non-hydrogen) atoms. The van der Waals surface area contributed by atoms with Gasteiger partial charge in [0.15, 0.2) is 0 Å². The van der Waals surface area contributed by atoms with Crippen LogP contribution in [-0.4, -0.2) is 20.2 Å². The summed E-state index contributed by atoms with van der Waals surface area (Å²) in [6, 6.07) is 20.0. The summed E-state index contributed by atoms with van der Waals surface area (Å²) in [5, 5.41) is 11.2. The van der Waals surface area contributed by atoms with Gasteiger partial charge >= 0.3 is 0 Å². The van der Waals surface area contributed by atoms with E-state index >= 15 is 0 Å². The first-order valence-electron chi connectivity index (χ1n) is 9.26. The number of unbranched alkanes of at least 4 members (excludes halogenated alkanes) is 2. The van der Waals surface area contributed by atoms with E-state index in [0.29, 0.717) is 6.61 Å². The monoisotopic (exact) mass is 331 g/mol. The fourth-order valence-corrected chi connectivity index (χ4v) is 3.79. The van der Waals surface area contributed by atoms with Crippen molar-refractivity contribution >= 4 is 32.3 Å². The van der Waals surface area contributed by atoms with E-state index in [9.17, 15) is 0 Å². The Hall–Kier alpha value is -2.16. The zero-order valence-electron chi connectivity index (χ0n) is 14.8. The average Bonchev–Trinajstić information content (AvgIpc) is 2.66. The summed E-state index contributed by atoms with van der Waals surface area (Å²) in [6.45, 7) is 2.63. The minimum absolute atomic E-state index is 0.695. The molecule has 0 radical (unpaired) electrons. The molecule has 0 amide bonds. The molecule has 4 aromatic carbocycles. The maximum Gasteiger partial charge on any atom is 0.0722 e. The number of rotatable bonds is 8. The topological polar surface area (TPSA) is 21.3 Å². The molecular weight excluding hydrogens is 306 g/mol. The summed E-state index contributed by atoms with van der Waals surface area (Å²) in [4.78, 5) is 0. The normalized spacial score (nSPS) is 11.9. The lowest BCUT2D eigenvalue weighted by Crippen LogP contribution is -2.07. The summed E-state index contributed by atoms with van der Waals surface area (Å²) in [5.74, 6) is 0. The SMILES string of the molecule is CNCCCCCOCc1ccc2ccc3cccc4ccc1c2c34. The van der Waals surface area contributed by atoms with Crippen molar-refractivity contribution < 1.29 is 4.74 Å². The van der Waals surface area contributed by atoms with Crippen molar-refractivity contribution in [2.24, 2.45) is 0 Å². The highest BCUT2D eigenvalue weighted by Crippen LogP contribution is 2.36. The Balaban J connectivity index is 1.58. The summed E-state index contributed by atoms with van der Waals surface area (Å²) < 4.78 is 5.97. The lowest BCUT2D eigenvalue weighted by Gasteiger charge is -2.14. The van der Waals surface area contributed by atoms with Crippen molar-refractivity contribution in [2.45, 2.75) is 25.9 Å². The van der Waals surface area contributed by atoms with E-state index in [0.717, 1.165) is 19.6 Å². The first-order valence-corrected chi connectivity index (χ1v) is 9.26. The predicted octanol–water partition coefficient (Wildman–Crippen LogP) is 5.49. The second-order valence-electron chi connectivity index (χ2n) is 6.80. The fourth-order valence-electron chi connectivity index (χ4n) is 3.79. The molecule has 2 heteroatoms. The van der Waals surface area contributed by atoms with Gasteiger partial charge in [-0.05, 0) is 70.7 Å². The maximum atomic E-state index is 5.97. The van der Waals surface area contributed by atoms with Crippen molar-refractivity contribution in [1.29, 1.82) is 0 Å². The summed E-state index contributed by atoms with van der Waals surface area (Å²) >= 11 is 0. The minimum Gasteiger partial charge on any atom is -0.377 e. The van der Waals surface area contributed by atoms with Gasteiger partial charge in [-0.2, -0.15) is 0 Å². The van der Waals surface area contributed by atoms with Crippen LogP contribution in [0.2, 0.25) is 0 Å². The fraction of sp³-hybridized carbons (Fsp3) is 0.304. The lowest BCUT2D eigenvalue weighted by molar-refractivity contribution is 0.117. The molecule has 0 fully saturated rings. The van der Waals surface area contributed by atoms with Gasteiger partial charge in [0.1, 0.15) is 0 Å². The lowest BCUT2D eigenvalue weighted by atomic mass is 9.92. The van der Waals surface area contributed by atoms with Crippen LogP contribution in [0.4, 0.5) is 0 Å². The van der Waals surface area contributed by atoms with Gasteiger partial charge in [-0.1, -0.05) is 54.6 Å².